The normalized spacial score (nSPS) is 12.5. The topological polar surface area (TPSA) is 41.5 Å². The van der Waals surface area contributed by atoms with Crippen molar-refractivity contribution < 1.29 is 18.6 Å². The largest absolute Gasteiger partial charge is 0.389 e. The third-order valence-corrected chi connectivity index (χ3v) is 1.82. The van der Waals surface area contributed by atoms with Crippen molar-refractivity contribution >= 4 is 5.69 Å². The Kier molecular flexibility index (Phi) is 4.45. The second-order valence-electron chi connectivity index (χ2n) is 3.11. The van der Waals surface area contributed by atoms with E-state index in [1.807, 2.05) is 0 Å². The van der Waals surface area contributed by atoms with Crippen LogP contribution in [0.25, 0.3) is 0 Å². The molecule has 3 nitrogen and oxygen atoms in total. The van der Waals surface area contributed by atoms with E-state index in [-0.39, 0.29) is 18.8 Å². The fourth-order valence-corrected chi connectivity index (χ4v) is 1.11. The summed E-state index contributed by atoms with van der Waals surface area (Å²) in [7, 11) is 1.45. The molecule has 2 N–H and O–H groups in total. The highest BCUT2D eigenvalue weighted by Crippen LogP contribution is 2.14. The molecule has 0 fully saturated rings. The van der Waals surface area contributed by atoms with Crippen LogP contribution in [0.2, 0.25) is 0 Å². The summed E-state index contributed by atoms with van der Waals surface area (Å²) in [5.41, 5.74) is 0.0325. The van der Waals surface area contributed by atoms with Crippen LogP contribution < -0.4 is 5.32 Å². The first-order valence-electron chi connectivity index (χ1n) is 4.49. The standard InChI is InChI=1S/C10H13F2NO2/c1-15-6-8(14)5-13-10-4-7(11)2-3-9(10)12/h2-4,8,13-14H,5-6H2,1H3. The Morgan fingerprint density at radius 1 is 1.47 bits per heavy atom. The van der Waals surface area contributed by atoms with Gasteiger partial charge in [-0.25, -0.2) is 8.78 Å². The molecule has 0 bridgehead atoms. The van der Waals surface area contributed by atoms with Crippen LogP contribution in [0.15, 0.2) is 18.2 Å². The molecule has 0 heterocycles. The molecule has 0 aliphatic rings. The zero-order valence-electron chi connectivity index (χ0n) is 8.34. The fourth-order valence-electron chi connectivity index (χ4n) is 1.11. The SMILES string of the molecule is COCC(O)CNc1cc(F)ccc1F. The van der Waals surface area contributed by atoms with E-state index >= 15 is 0 Å². The molecule has 1 unspecified atom stereocenters. The lowest BCUT2D eigenvalue weighted by Crippen LogP contribution is -2.24. The van der Waals surface area contributed by atoms with E-state index in [1.165, 1.54) is 7.11 Å². The number of anilines is 1. The Balaban J connectivity index is 2.53. The highest BCUT2D eigenvalue weighted by molar-refractivity contribution is 5.44. The van der Waals surface area contributed by atoms with Crippen molar-refractivity contribution in [3.63, 3.8) is 0 Å². The predicted molar refractivity (Wildman–Crippen MR) is 52.7 cm³/mol. The van der Waals surface area contributed by atoms with Crippen molar-refractivity contribution in [3.8, 4) is 0 Å². The Hall–Kier alpha value is -1.20. The molecule has 0 radical (unpaired) electrons. The summed E-state index contributed by atoms with van der Waals surface area (Å²) in [5.74, 6) is -1.08. The number of methoxy groups -OCH3 is 1. The molecule has 84 valence electrons. The third-order valence-electron chi connectivity index (χ3n) is 1.82. The summed E-state index contributed by atoms with van der Waals surface area (Å²) in [6.07, 6.45) is -0.752. The van der Waals surface area contributed by atoms with Crippen LogP contribution in [-0.4, -0.2) is 31.5 Å². The summed E-state index contributed by atoms with van der Waals surface area (Å²) in [6.45, 7) is 0.248. The van der Waals surface area contributed by atoms with Gasteiger partial charge >= 0.3 is 0 Å². The Morgan fingerprint density at radius 3 is 2.87 bits per heavy atom. The van der Waals surface area contributed by atoms with E-state index in [0.717, 1.165) is 18.2 Å². The number of rotatable bonds is 5. The van der Waals surface area contributed by atoms with Crippen molar-refractivity contribution in [2.75, 3.05) is 25.6 Å². The third kappa shape index (κ3) is 3.81. The van der Waals surface area contributed by atoms with E-state index in [0.29, 0.717) is 0 Å². The number of halogens is 2. The highest BCUT2D eigenvalue weighted by atomic mass is 19.1. The minimum absolute atomic E-state index is 0.0325. The molecule has 5 heteroatoms. The number of ether oxygens (including phenoxy) is 1. The number of aliphatic hydroxyl groups excluding tert-OH is 1. The minimum atomic E-state index is -0.752. The van der Waals surface area contributed by atoms with Crippen LogP contribution in [-0.2, 0) is 4.74 Å². The number of hydrogen-bond donors (Lipinski definition) is 2. The van der Waals surface area contributed by atoms with Crippen molar-refractivity contribution in [1.82, 2.24) is 0 Å². The molecule has 0 saturated heterocycles. The van der Waals surface area contributed by atoms with Crippen LogP contribution in [0.4, 0.5) is 14.5 Å². The van der Waals surface area contributed by atoms with E-state index < -0.39 is 17.7 Å². The average Bonchev–Trinajstić information content (AvgIpc) is 2.20. The molecule has 1 atom stereocenters. The second kappa shape index (κ2) is 5.63. The van der Waals surface area contributed by atoms with Gasteiger partial charge in [0.05, 0.1) is 18.4 Å². The van der Waals surface area contributed by atoms with E-state index in [1.54, 1.807) is 0 Å². The summed E-state index contributed by atoms with van der Waals surface area (Å²) in [4.78, 5) is 0. The van der Waals surface area contributed by atoms with Gasteiger partial charge in [-0.3, -0.25) is 0 Å². The maximum Gasteiger partial charge on any atom is 0.146 e. The predicted octanol–water partition coefficient (Wildman–Crippen LogP) is 1.38. The van der Waals surface area contributed by atoms with Crippen molar-refractivity contribution in [2.45, 2.75) is 6.10 Å². The summed E-state index contributed by atoms with van der Waals surface area (Å²) in [6, 6.07) is 3.10. The van der Waals surface area contributed by atoms with E-state index in [4.69, 9.17) is 0 Å². The molecule has 0 spiro atoms. The maximum absolute atomic E-state index is 13.1. The van der Waals surface area contributed by atoms with E-state index in [2.05, 4.69) is 10.1 Å². The van der Waals surface area contributed by atoms with Gasteiger partial charge in [0.2, 0.25) is 0 Å². The van der Waals surface area contributed by atoms with Crippen molar-refractivity contribution in [1.29, 1.82) is 0 Å². The van der Waals surface area contributed by atoms with Gasteiger partial charge in [-0.05, 0) is 18.2 Å². The highest BCUT2D eigenvalue weighted by Gasteiger charge is 2.06. The molecular formula is C10H13F2NO2. The molecule has 0 amide bonds. The first kappa shape index (κ1) is 11.9. The summed E-state index contributed by atoms with van der Waals surface area (Å²) < 4.78 is 30.5. The summed E-state index contributed by atoms with van der Waals surface area (Å²) in [5, 5.41) is 11.9. The van der Waals surface area contributed by atoms with Crippen LogP contribution in [0.1, 0.15) is 0 Å². The van der Waals surface area contributed by atoms with Crippen LogP contribution in [0, 0.1) is 11.6 Å². The molecule has 0 aliphatic carbocycles. The molecule has 15 heavy (non-hydrogen) atoms. The molecule has 0 aromatic heterocycles. The minimum Gasteiger partial charge on any atom is -0.389 e. The van der Waals surface area contributed by atoms with Crippen LogP contribution >= 0.6 is 0 Å². The lowest BCUT2D eigenvalue weighted by molar-refractivity contribution is 0.0727. The van der Waals surface area contributed by atoms with Gasteiger partial charge in [0.15, 0.2) is 0 Å². The number of nitrogens with one attached hydrogen (secondary N) is 1. The van der Waals surface area contributed by atoms with Gasteiger partial charge in [0, 0.05) is 13.7 Å². The molecule has 0 aliphatic heterocycles. The molecule has 1 rings (SSSR count). The number of benzene rings is 1. The Morgan fingerprint density at radius 2 is 2.20 bits per heavy atom. The first-order valence-corrected chi connectivity index (χ1v) is 4.49. The van der Waals surface area contributed by atoms with Gasteiger partial charge in [-0.2, -0.15) is 0 Å². The molecule has 1 aromatic carbocycles. The zero-order chi connectivity index (χ0) is 11.3. The molecule has 1 aromatic rings. The lowest BCUT2D eigenvalue weighted by atomic mass is 10.3. The lowest BCUT2D eigenvalue weighted by Gasteiger charge is -2.12. The zero-order valence-corrected chi connectivity index (χ0v) is 8.34. The maximum atomic E-state index is 13.1. The van der Waals surface area contributed by atoms with Crippen LogP contribution in [0.5, 0.6) is 0 Å². The molecule has 0 saturated carbocycles. The van der Waals surface area contributed by atoms with Gasteiger partial charge < -0.3 is 15.2 Å². The van der Waals surface area contributed by atoms with Crippen molar-refractivity contribution in [3.05, 3.63) is 29.8 Å². The average molecular weight is 217 g/mol. The van der Waals surface area contributed by atoms with Gasteiger partial charge in [-0.15, -0.1) is 0 Å². The second-order valence-corrected chi connectivity index (χ2v) is 3.11. The number of aliphatic hydroxyl groups is 1. The monoisotopic (exact) mass is 217 g/mol. The quantitative estimate of drug-likeness (QED) is 0.783. The fraction of sp³-hybridized carbons (Fsp3) is 0.400. The first-order chi connectivity index (χ1) is 7.13. The van der Waals surface area contributed by atoms with Crippen molar-refractivity contribution in [2.24, 2.45) is 0 Å². The summed E-state index contributed by atoms with van der Waals surface area (Å²) >= 11 is 0. The molecular weight excluding hydrogens is 204 g/mol. The van der Waals surface area contributed by atoms with Gasteiger partial charge in [0.1, 0.15) is 11.6 Å². The Labute approximate surface area is 86.7 Å². The van der Waals surface area contributed by atoms with Gasteiger partial charge in [0.25, 0.3) is 0 Å². The smallest absolute Gasteiger partial charge is 0.146 e. The van der Waals surface area contributed by atoms with E-state index in [9.17, 15) is 13.9 Å². The van der Waals surface area contributed by atoms with Gasteiger partial charge in [-0.1, -0.05) is 0 Å². The van der Waals surface area contributed by atoms with Crippen LogP contribution in [0.3, 0.4) is 0 Å². The number of hydrogen-bond acceptors (Lipinski definition) is 3. The Bertz CT molecular complexity index is 320.